The third-order valence-corrected chi connectivity index (χ3v) is 3.76. The van der Waals surface area contributed by atoms with Crippen LogP contribution in [0.3, 0.4) is 0 Å². The van der Waals surface area contributed by atoms with Crippen LogP contribution in [0, 0.1) is 0 Å². The van der Waals surface area contributed by atoms with Gasteiger partial charge in [-0.15, -0.1) is 11.6 Å². The average molecular weight is 258 g/mol. The summed E-state index contributed by atoms with van der Waals surface area (Å²) in [4.78, 5) is 16.1. The minimum Gasteiger partial charge on any atom is -0.359 e. The minimum absolute atomic E-state index is 0.0913. The first-order valence-corrected chi connectivity index (χ1v) is 6.55. The molecule has 0 saturated carbocycles. The van der Waals surface area contributed by atoms with Crippen molar-refractivity contribution in [3.63, 3.8) is 0 Å². The second-order valence-corrected chi connectivity index (χ2v) is 4.38. The fourth-order valence-electron chi connectivity index (χ4n) is 1.68. The maximum atomic E-state index is 12.0. The van der Waals surface area contributed by atoms with Gasteiger partial charge in [-0.2, -0.15) is 0 Å². The molecule has 0 atom stereocenters. The summed E-state index contributed by atoms with van der Waals surface area (Å²) in [6, 6.07) is 0. The van der Waals surface area contributed by atoms with E-state index in [-0.39, 0.29) is 11.1 Å². The van der Waals surface area contributed by atoms with Crippen LogP contribution in [0.1, 0.15) is 33.6 Å². The van der Waals surface area contributed by atoms with Gasteiger partial charge in [-0.1, -0.05) is 13.8 Å². The van der Waals surface area contributed by atoms with Gasteiger partial charge in [0.1, 0.15) is 0 Å². The summed E-state index contributed by atoms with van der Waals surface area (Å²) in [5, 5.41) is 3.21. The van der Waals surface area contributed by atoms with Gasteiger partial charge in [0.15, 0.2) is 5.82 Å². The molecule has 0 bridgehead atoms. The summed E-state index contributed by atoms with van der Waals surface area (Å²) >= 11 is 6.00. The zero-order chi connectivity index (χ0) is 12.9. The lowest BCUT2D eigenvalue weighted by Crippen LogP contribution is -2.42. The number of hydrogen-bond donors (Lipinski definition) is 1. The molecular weight excluding hydrogens is 238 g/mol. The molecule has 0 saturated heterocycles. The van der Waals surface area contributed by atoms with Gasteiger partial charge in [-0.3, -0.25) is 4.79 Å². The normalized spacial score (nSPS) is 11.5. The van der Waals surface area contributed by atoms with E-state index in [4.69, 9.17) is 11.6 Å². The summed E-state index contributed by atoms with van der Waals surface area (Å²) in [7, 11) is 0. The Labute approximate surface area is 107 Å². The van der Waals surface area contributed by atoms with Crippen LogP contribution in [0.2, 0.25) is 0 Å². The van der Waals surface area contributed by atoms with Gasteiger partial charge in [0, 0.05) is 24.8 Å². The van der Waals surface area contributed by atoms with Crippen LogP contribution < -0.4 is 10.9 Å². The highest BCUT2D eigenvalue weighted by atomic mass is 35.5. The van der Waals surface area contributed by atoms with E-state index in [1.165, 1.54) is 0 Å². The van der Waals surface area contributed by atoms with Crippen LogP contribution in [-0.4, -0.2) is 21.0 Å². The molecule has 1 aromatic rings. The minimum atomic E-state index is -0.249. The van der Waals surface area contributed by atoms with E-state index in [0.29, 0.717) is 18.2 Å². The Morgan fingerprint density at radius 2 is 2.06 bits per heavy atom. The largest absolute Gasteiger partial charge is 0.359 e. The number of aromatic nitrogens is 2. The molecule has 0 amide bonds. The number of hydrogen-bond acceptors (Lipinski definition) is 3. The fourth-order valence-corrected chi connectivity index (χ4v) is 2.13. The highest BCUT2D eigenvalue weighted by Crippen LogP contribution is 2.20. The van der Waals surface area contributed by atoms with Gasteiger partial charge >= 0.3 is 0 Å². The Morgan fingerprint density at radius 1 is 1.41 bits per heavy atom. The van der Waals surface area contributed by atoms with Crippen molar-refractivity contribution in [2.24, 2.45) is 0 Å². The summed E-state index contributed by atoms with van der Waals surface area (Å²) < 4.78 is 1.62. The summed E-state index contributed by atoms with van der Waals surface area (Å²) in [5.74, 6) is 0.848. The summed E-state index contributed by atoms with van der Waals surface area (Å²) in [6.07, 6.45) is 5.04. The van der Waals surface area contributed by atoms with E-state index in [2.05, 4.69) is 24.1 Å². The molecule has 0 unspecified atom stereocenters. The molecule has 17 heavy (non-hydrogen) atoms. The van der Waals surface area contributed by atoms with Crippen LogP contribution in [0.15, 0.2) is 17.2 Å². The molecule has 0 spiro atoms. The lowest BCUT2D eigenvalue weighted by molar-refractivity contribution is 0.480. The van der Waals surface area contributed by atoms with Crippen molar-refractivity contribution in [2.75, 3.05) is 11.2 Å². The zero-order valence-electron chi connectivity index (χ0n) is 10.7. The molecule has 4 nitrogen and oxygen atoms in total. The second-order valence-electron chi connectivity index (χ2n) is 4.11. The molecule has 0 aromatic carbocycles. The number of nitrogens with one attached hydrogen (secondary N) is 1. The lowest BCUT2D eigenvalue weighted by Gasteiger charge is -2.30. The summed E-state index contributed by atoms with van der Waals surface area (Å²) in [5.41, 5.74) is -0.341. The molecule has 5 heteroatoms. The third kappa shape index (κ3) is 3.00. The quantitative estimate of drug-likeness (QED) is 0.797. The van der Waals surface area contributed by atoms with E-state index in [0.717, 1.165) is 12.8 Å². The number of nitrogens with zero attached hydrogens (tertiary/aromatic N) is 2. The van der Waals surface area contributed by atoms with Crippen molar-refractivity contribution in [3.8, 4) is 0 Å². The molecule has 1 heterocycles. The first-order chi connectivity index (χ1) is 8.12. The standard InChI is InChI=1S/C12H20ClN3O/c1-4-12(5-2,9-13)15-10-11(17)16(6-3)8-7-14-10/h7-8H,4-6,9H2,1-3H3,(H,14,15). The Hall–Kier alpha value is -1.03. The van der Waals surface area contributed by atoms with Gasteiger partial charge in [0.25, 0.3) is 5.56 Å². The first-order valence-electron chi connectivity index (χ1n) is 6.02. The van der Waals surface area contributed by atoms with E-state index in [1.807, 2.05) is 6.92 Å². The molecule has 96 valence electrons. The van der Waals surface area contributed by atoms with E-state index >= 15 is 0 Å². The fraction of sp³-hybridized carbons (Fsp3) is 0.667. The SMILES string of the molecule is CCn1ccnc(NC(CC)(CC)CCl)c1=O. The van der Waals surface area contributed by atoms with Crippen molar-refractivity contribution in [3.05, 3.63) is 22.7 Å². The first kappa shape index (κ1) is 14.0. The number of halogens is 1. The van der Waals surface area contributed by atoms with Crippen LogP contribution >= 0.6 is 11.6 Å². The van der Waals surface area contributed by atoms with Crippen molar-refractivity contribution in [2.45, 2.75) is 45.7 Å². The van der Waals surface area contributed by atoms with Crippen LogP contribution in [-0.2, 0) is 6.54 Å². The molecule has 1 aromatic heterocycles. The maximum Gasteiger partial charge on any atom is 0.293 e. The van der Waals surface area contributed by atoms with Crippen molar-refractivity contribution in [1.82, 2.24) is 9.55 Å². The van der Waals surface area contributed by atoms with Gasteiger partial charge in [0.05, 0.1) is 5.54 Å². The summed E-state index contributed by atoms with van der Waals surface area (Å²) in [6.45, 7) is 6.68. The van der Waals surface area contributed by atoms with Crippen LogP contribution in [0.4, 0.5) is 5.82 Å². The molecule has 0 aliphatic heterocycles. The molecule has 0 radical (unpaired) electrons. The number of rotatable bonds is 6. The van der Waals surface area contributed by atoms with E-state index in [9.17, 15) is 4.79 Å². The number of anilines is 1. The van der Waals surface area contributed by atoms with E-state index in [1.54, 1.807) is 17.0 Å². The van der Waals surface area contributed by atoms with Crippen molar-refractivity contribution < 1.29 is 0 Å². The molecule has 1 N–H and O–H groups in total. The Bertz CT molecular complexity index is 404. The van der Waals surface area contributed by atoms with Gasteiger partial charge in [-0.05, 0) is 19.8 Å². The lowest BCUT2D eigenvalue weighted by atomic mass is 9.95. The molecule has 1 rings (SSSR count). The number of alkyl halides is 1. The highest BCUT2D eigenvalue weighted by molar-refractivity contribution is 6.18. The molecule has 0 aliphatic carbocycles. The average Bonchev–Trinajstić information content (AvgIpc) is 2.38. The second kappa shape index (κ2) is 6.05. The third-order valence-electron chi connectivity index (χ3n) is 3.25. The molecule has 0 aliphatic rings. The monoisotopic (exact) mass is 257 g/mol. The van der Waals surface area contributed by atoms with Gasteiger partial charge in [0.2, 0.25) is 0 Å². The number of aryl methyl sites for hydroxylation is 1. The van der Waals surface area contributed by atoms with Crippen LogP contribution in [0.5, 0.6) is 0 Å². The topological polar surface area (TPSA) is 46.9 Å². The maximum absolute atomic E-state index is 12.0. The zero-order valence-corrected chi connectivity index (χ0v) is 11.4. The highest BCUT2D eigenvalue weighted by Gasteiger charge is 2.26. The van der Waals surface area contributed by atoms with Crippen molar-refractivity contribution >= 4 is 17.4 Å². The van der Waals surface area contributed by atoms with E-state index < -0.39 is 0 Å². The molecular formula is C12H20ClN3O. The van der Waals surface area contributed by atoms with Crippen molar-refractivity contribution in [1.29, 1.82) is 0 Å². The predicted octanol–water partition coefficient (Wildman–Crippen LogP) is 2.47. The molecule has 0 fully saturated rings. The Kier molecular flexibility index (Phi) is 5.00. The van der Waals surface area contributed by atoms with Gasteiger partial charge < -0.3 is 9.88 Å². The Morgan fingerprint density at radius 3 is 2.53 bits per heavy atom. The van der Waals surface area contributed by atoms with Gasteiger partial charge in [-0.25, -0.2) is 4.98 Å². The Balaban J connectivity index is 3.06. The predicted molar refractivity (Wildman–Crippen MR) is 71.8 cm³/mol. The van der Waals surface area contributed by atoms with Crippen LogP contribution in [0.25, 0.3) is 0 Å². The smallest absolute Gasteiger partial charge is 0.293 e.